The number of nitrogens with one attached hydrogen (secondary N) is 1. The smallest absolute Gasteiger partial charge is 0.258 e. The number of aromatic nitrogens is 2. The van der Waals surface area contributed by atoms with E-state index in [0.717, 1.165) is 6.42 Å². The van der Waals surface area contributed by atoms with Gasteiger partial charge in [-0.05, 0) is 12.3 Å². The molecule has 1 unspecified atom stereocenters. The second-order valence-electron chi connectivity index (χ2n) is 4.28. The maximum Gasteiger partial charge on any atom is 0.258 e. The van der Waals surface area contributed by atoms with Crippen LogP contribution in [0, 0.1) is 0 Å². The van der Waals surface area contributed by atoms with Gasteiger partial charge in [-0.25, -0.2) is 0 Å². The summed E-state index contributed by atoms with van der Waals surface area (Å²) in [6, 6.07) is -0.0487. The molecule has 90 valence electrons. The third-order valence-corrected chi connectivity index (χ3v) is 2.54. The summed E-state index contributed by atoms with van der Waals surface area (Å²) in [6.45, 7) is 5.64. The Morgan fingerprint density at radius 3 is 2.56 bits per heavy atom. The highest BCUT2D eigenvalue weighted by Crippen LogP contribution is 2.18. The van der Waals surface area contributed by atoms with Crippen molar-refractivity contribution in [2.75, 3.05) is 0 Å². The number of H-pyrrole nitrogens is 1. The number of aromatic amines is 1. The molecular formula is C11H19N3O2. The SMILES string of the molecule is CCC(N)Cc1nc(O)c(C(C)C)c(=O)[nH]1. The molecule has 5 heteroatoms. The largest absolute Gasteiger partial charge is 0.493 e. The van der Waals surface area contributed by atoms with Crippen molar-refractivity contribution in [3.8, 4) is 5.88 Å². The number of nitrogens with zero attached hydrogens (tertiary/aromatic N) is 1. The third kappa shape index (κ3) is 2.82. The fourth-order valence-electron chi connectivity index (χ4n) is 1.53. The van der Waals surface area contributed by atoms with Gasteiger partial charge in [-0.3, -0.25) is 4.79 Å². The van der Waals surface area contributed by atoms with Crippen LogP contribution in [-0.2, 0) is 6.42 Å². The molecule has 0 saturated carbocycles. The van der Waals surface area contributed by atoms with Crippen molar-refractivity contribution >= 4 is 0 Å². The lowest BCUT2D eigenvalue weighted by atomic mass is 10.1. The van der Waals surface area contributed by atoms with Crippen LogP contribution in [-0.4, -0.2) is 21.1 Å². The monoisotopic (exact) mass is 225 g/mol. The van der Waals surface area contributed by atoms with Crippen LogP contribution >= 0.6 is 0 Å². The van der Waals surface area contributed by atoms with Gasteiger partial charge in [-0.1, -0.05) is 20.8 Å². The molecule has 0 saturated heterocycles. The van der Waals surface area contributed by atoms with Crippen molar-refractivity contribution in [1.29, 1.82) is 0 Å². The lowest BCUT2D eigenvalue weighted by molar-refractivity contribution is 0.434. The zero-order valence-electron chi connectivity index (χ0n) is 9.95. The minimum Gasteiger partial charge on any atom is -0.493 e. The van der Waals surface area contributed by atoms with E-state index >= 15 is 0 Å². The quantitative estimate of drug-likeness (QED) is 0.709. The van der Waals surface area contributed by atoms with Gasteiger partial charge in [0.2, 0.25) is 5.88 Å². The van der Waals surface area contributed by atoms with E-state index in [1.165, 1.54) is 0 Å². The Morgan fingerprint density at radius 2 is 2.12 bits per heavy atom. The first kappa shape index (κ1) is 12.7. The second-order valence-corrected chi connectivity index (χ2v) is 4.28. The first-order valence-electron chi connectivity index (χ1n) is 5.53. The van der Waals surface area contributed by atoms with Gasteiger partial charge in [0.05, 0.1) is 5.56 Å². The zero-order valence-corrected chi connectivity index (χ0v) is 9.95. The molecule has 4 N–H and O–H groups in total. The van der Waals surface area contributed by atoms with Crippen LogP contribution in [0.5, 0.6) is 5.88 Å². The summed E-state index contributed by atoms with van der Waals surface area (Å²) >= 11 is 0. The summed E-state index contributed by atoms with van der Waals surface area (Å²) in [5.41, 5.74) is 5.81. The van der Waals surface area contributed by atoms with Crippen molar-refractivity contribution in [3.05, 3.63) is 21.7 Å². The Hall–Kier alpha value is -1.36. The average molecular weight is 225 g/mol. The molecule has 0 aliphatic rings. The van der Waals surface area contributed by atoms with E-state index in [-0.39, 0.29) is 23.4 Å². The Kier molecular flexibility index (Phi) is 4.06. The summed E-state index contributed by atoms with van der Waals surface area (Å²) < 4.78 is 0. The number of nitrogens with two attached hydrogens (primary N) is 1. The van der Waals surface area contributed by atoms with Crippen molar-refractivity contribution in [3.63, 3.8) is 0 Å². The topological polar surface area (TPSA) is 92.0 Å². The molecule has 1 atom stereocenters. The Balaban J connectivity index is 3.05. The van der Waals surface area contributed by atoms with Crippen LogP contribution < -0.4 is 11.3 Å². The van der Waals surface area contributed by atoms with Crippen LogP contribution in [0.4, 0.5) is 0 Å². The highest BCUT2D eigenvalue weighted by Gasteiger charge is 2.14. The fraction of sp³-hybridized carbons (Fsp3) is 0.636. The molecule has 0 aliphatic heterocycles. The molecule has 1 aromatic rings. The van der Waals surface area contributed by atoms with E-state index in [9.17, 15) is 9.90 Å². The van der Waals surface area contributed by atoms with E-state index in [0.29, 0.717) is 17.8 Å². The molecule has 0 fully saturated rings. The number of hydrogen-bond acceptors (Lipinski definition) is 4. The maximum absolute atomic E-state index is 11.7. The van der Waals surface area contributed by atoms with E-state index in [1.807, 2.05) is 20.8 Å². The standard InChI is InChI=1S/C11H19N3O2/c1-4-7(12)5-8-13-10(15)9(6(2)3)11(16)14-8/h6-7H,4-5,12H2,1-3H3,(H2,13,14,15,16). The van der Waals surface area contributed by atoms with Crippen molar-refractivity contribution in [1.82, 2.24) is 9.97 Å². The Morgan fingerprint density at radius 1 is 1.50 bits per heavy atom. The molecule has 0 bridgehead atoms. The molecule has 0 amide bonds. The number of rotatable bonds is 4. The maximum atomic E-state index is 11.7. The molecule has 0 spiro atoms. The van der Waals surface area contributed by atoms with Crippen LogP contribution in [0.1, 0.15) is 44.5 Å². The summed E-state index contributed by atoms with van der Waals surface area (Å²) in [6.07, 6.45) is 1.27. The van der Waals surface area contributed by atoms with Gasteiger partial charge in [-0.2, -0.15) is 4.98 Å². The third-order valence-electron chi connectivity index (χ3n) is 2.54. The predicted octanol–water partition coefficient (Wildman–Crippen LogP) is 0.879. The number of hydrogen-bond donors (Lipinski definition) is 3. The van der Waals surface area contributed by atoms with E-state index in [4.69, 9.17) is 5.73 Å². The summed E-state index contributed by atoms with van der Waals surface area (Å²) in [7, 11) is 0. The molecular weight excluding hydrogens is 206 g/mol. The number of aromatic hydroxyl groups is 1. The van der Waals surface area contributed by atoms with Gasteiger partial charge >= 0.3 is 0 Å². The van der Waals surface area contributed by atoms with Crippen LogP contribution in [0.3, 0.4) is 0 Å². The van der Waals surface area contributed by atoms with Crippen LogP contribution in [0.25, 0.3) is 0 Å². The zero-order chi connectivity index (χ0) is 12.3. The molecule has 5 nitrogen and oxygen atoms in total. The van der Waals surface area contributed by atoms with Gasteiger partial charge in [0.25, 0.3) is 5.56 Å². The molecule has 1 aromatic heterocycles. The van der Waals surface area contributed by atoms with Gasteiger partial charge in [-0.15, -0.1) is 0 Å². The first-order valence-corrected chi connectivity index (χ1v) is 5.53. The average Bonchev–Trinajstić information content (AvgIpc) is 2.15. The lowest BCUT2D eigenvalue weighted by Crippen LogP contribution is -2.25. The van der Waals surface area contributed by atoms with E-state index in [1.54, 1.807) is 0 Å². The van der Waals surface area contributed by atoms with Crippen LogP contribution in [0.2, 0.25) is 0 Å². The molecule has 0 radical (unpaired) electrons. The van der Waals surface area contributed by atoms with Gasteiger partial charge in [0, 0.05) is 12.5 Å². The summed E-state index contributed by atoms with van der Waals surface area (Å²) in [5, 5.41) is 9.66. The first-order chi connectivity index (χ1) is 7.45. The van der Waals surface area contributed by atoms with Gasteiger partial charge in [0.1, 0.15) is 5.82 Å². The molecule has 0 aliphatic carbocycles. The molecule has 16 heavy (non-hydrogen) atoms. The highest BCUT2D eigenvalue weighted by atomic mass is 16.3. The van der Waals surface area contributed by atoms with Gasteiger partial charge in [0.15, 0.2) is 0 Å². The van der Waals surface area contributed by atoms with E-state index < -0.39 is 0 Å². The van der Waals surface area contributed by atoms with E-state index in [2.05, 4.69) is 9.97 Å². The van der Waals surface area contributed by atoms with Crippen molar-refractivity contribution in [2.45, 2.75) is 45.6 Å². The van der Waals surface area contributed by atoms with Crippen LogP contribution in [0.15, 0.2) is 4.79 Å². The molecule has 1 rings (SSSR count). The molecule has 0 aromatic carbocycles. The lowest BCUT2D eigenvalue weighted by Gasteiger charge is -2.10. The highest BCUT2D eigenvalue weighted by molar-refractivity contribution is 5.25. The summed E-state index contributed by atoms with van der Waals surface area (Å²) in [5.74, 6) is 0.212. The van der Waals surface area contributed by atoms with Crippen molar-refractivity contribution in [2.24, 2.45) is 5.73 Å². The Labute approximate surface area is 94.7 Å². The fourth-order valence-corrected chi connectivity index (χ4v) is 1.53. The minimum atomic E-state index is -0.277. The van der Waals surface area contributed by atoms with Crippen molar-refractivity contribution < 1.29 is 5.11 Å². The Bertz CT molecular complexity index is 412. The van der Waals surface area contributed by atoms with Gasteiger partial charge < -0.3 is 15.8 Å². The normalized spacial score (nSPS) is 13.1. The second kappa shape index (κ2) is 5.12. The minimum absolute atomic E-state index is 0.0487. The predicted molar refractivity (Wildman–Crippen MR) is 62.6 cm³/mol. The summed E-state index contributed by atoms with van der Waals surface area (Å²) in [4.78, 5) is 18.3. The molecule has 1 heterocycles.